The Hall–Kier alpha value is -0.530. The molecule has 0 aromatic heterocycles. The second kappa shape index (κ2) is 2.70. The molecule has 0 atom stereocenters. The smallest absolute Gasteiger partial charge is 0.162 e. The monoisotopic (exact) mass is 115 g/mol. The first-order valence-electron chi connectivity index (χ1n) is 2.80. The van der Waals surface area contributed by atoms with E-state index in [1.807, 2.05) is 20.8 Å². The maximum Gasteiger partial charge on any atom is 0.162 e. The van der Waals surface area contributed by atoms with E-state index < -0.39 is 0 Å². The lowest BCUT2D eigenvalue weighted by molar-refractivity contribution is -0.425. The predicted molar refractivity (Wildman–Crippen MR) is 35.1 cm³/mol. The lowest BCUT2D eigenvalue weighted by Crippen LogP contribution is -2.13. The molecular formula is C6H13NO. The molecule has 0 unspecified atom stereocenters. The quantitative estimate of drug-likeness (QED) is 0.218. The van der Waals surface area contributed by atoms with Crippen LogP contribution in [0.2, 0.25) is 0 Å². The average molecular weight is 115 g/mol. The van der Waals surface area contributed by atoms with Crippen molar-refractivity contribution in [2.45, 2.75) is 20.8 Å². The highest BCUT2D eigenvalue weighted by Crippen LogP contribution is 1.93. The van der Waals surface area contributed by atoms with E-state index in [1.165, 1.54) is 7.05 Å². The SMILES string of the molecule is C/C(C(C)C)=[N+](/C)[O-]. The third-order valence-corrected chi connectivity index (χ3v) is 1.33. The zero-order valence-electron chi connectivity index (χ0n) is 5.93. The first-order valence-corrected chi connectivity index (χ1v) is 2.80. The van der Waals surface area contributed by atoms with Gasteiger partial charge in [-0.15, -0.1) is 0 Å². The molecule has 0 aliphatic rings. The summed E-state index contributed by atoms with van der Waals surface area (Å²) in [5.74, 6) is 0.373. The molecule has 2 nitrogen and oxygen atoms in total. The van der Waals surface area contributed by atoms with E-state index >= 15 is 0 Å². The van der Waals surface area contributed by atoms with E-state index in [-0.39, 0.29) is 0 Å². The molecule has 48 valence electrons. The molecule has 0 N–H and O–H groups in total. The zero-order chi connectivity index (χ0) is 6.73. The van der Waals surface area contributed by atoms with Crippen LogP contribution in [-0.4, -0.2) is 17.5 Å². The van der Waals surface area contributed by atoms with E-state index in [0.29, 0.717) is 5.92 Å². The van der Waals surface area contributed by atoms with Crippen molar-refractivity contribution >= 4 is 5.71 Å². The summed E-state index contributed by atoms with van der Waals surface area (Å²) in [4.78, 5) is 0. The van der Waals surface area contributed by atoms with Gasteiger partial charge >= 0.3 is 0 Å². The summed E-state index contributed by atoms with van der Waals surface area (Å²) < 4.78 is 0.907. The predicted octanol–water partition coefficient (Wildman–Crippen LogP) is 1.24. The number of hydrogen-bond acceptors (Lipinski definition) is 1. The molecule has 0 bridgehead atoms. The summed E-state index contributed by atoms with van der Waals surface area (Å²) >= 11 is 0. The molecular weight excluding hydrogens is 102 g/mol. The van der Waals surface area contributed by atoms with Gasteiger partial charge in [-0.1, -0.05) is 13.8 Å². The van der Waals surface area contributed by atoms with Crippen molar-refractivity contribution in [3.8, 4) is 0 Å². The van der Waals surface area contributed by atoms with Crippen molar-refractivity contribution in [1.29, 1.82) is 0 Å². The largest absolute Gasteiger partial charge is 0.624 e. The minimum absolute atomic E-state index is 0.373. The molecule has 0 heterocycles. The number of hydrogen-bond donors (Lipinski definition) is 0. The van der Waals surface area contributed by atoms with E-state index in [4.69, 9.17) is 0 Å². The highest BCUT2D eigenvalue weighted by Gasteiger charge is 2.02. The molecule has 0 spiro atoms. The Morgan fingerprint density at radius 3 is 1.88 bits per heavy atom. The molecule has 0 aliphatic heterocycles. The van der Waals surface area contributed by atoms with Crippen molar-refractivity contribution in [1.82, 2.24) is 0 Å². The van der Waals surface area contributed by atoms with Gasteiger partial charge in [-0.3, -0.25) is 0 Å². The summed E-state index contributed by atoms with van der Waals surface area (Å²) in [5, 5.41) is 10.5. The molecule has 0 saturated carbocycles. The topological polar surface area (TPSA) is 26.1 Å². The van der Waals surface area contributed by atoms with Crippen LogP contribution in [0.5, 0.6) is 0 Å². The van der Waals surface area contributed by atoms with Gasteiger partial charge in [-0.2, -0.15) is 0 Å². The molecule has 8 heavy (non-hydrogen) atoms. The van der Waals surface area contributed by atoms with Crippen LogP contribution in [0.15, 0.2) is 0 Å². The summed E-state index contributed by atoms with van der Waals surface area (Å²) in [6.45, 7) is 5.85. The molecule has 0 aromatic rings. The Balaban J connectivity index is 4.00. The highest BCUT2D eigenvalue weighted by atomic mass is 16.5. The Bertz CT molecular complexity index is 101. The minimum atomic E-state index is 0.373. The fraction of sp³-hybridized carbons (Fsp3) is 0.833. The van der Waals surface area contributed by atoms with Crippen LogP contribution in [0.1, 0.15) is 20.8 Å². The molecule has 0 fully saturated rings. The van der Waals surface area contributed by atoms with E-state index in [9.17, 15) is 5.21 Å². The highest BCUT2D eigenvalue weighted by molar-refractivity contribution is 5.78. The summed E-state index contributed by atoms with van der Waals surface area (Å²) in [6.07, 6.45) is 0. The number of rotatable bonds is 1. The molecule has 2 heteroatoms. The summed E-state index contributed by atoms with van der Waals surface area (Å²) in [7, 11) is 1.52. The van der Waals surface area contributed by atoms with Crippen LogP contribution >= 0.6 is 0 Å². The molecule has 0 radical (unpaired) electrons. The maximum absolute atomic E-state index is 10.5. The second-order valence-corrected chi connectivity index (χ2v) is 2.29. The van der Waals surface area contributed by atoms with Crippen LogP contribution in [0.4, 0.5) is 0 Å². The van der Waals surface area contributed by atoms with Gasteiger partial charge < -0.3 is 5.21 Å². The fourth-order valence-corrected chi connectivity index (χ4v) is 0.364. The number of hydroxylamine groups is 1. The van der Waals surface area contributed by atoms with Gasteiger partial charge in [0.05, 0.1) is 0 Å². The van der Waals surface area contributed by atoms with Crippen LogP contribution in [0.25, 0.3) is 0 Å². The standard InChI is InChI=1S/C6H13NO/c1-5(2)6(3)7(4)8/h5H,1-4H3/b7-6+. The normalized spacial score (nSPS) is 14.1. The van der Waals surface area contributed by atoms with Crippen LogP contribution in [0.3, 0.4) is 0 Å². The van der Waals surface area contributed by atoms with Crippen molar-refractivity contribution in [2.75, 3.05) is 7.05 Å². The summed E-state index contributed by atoms with van der Waals surface area (Å²) in [5.41, 5.74) is 0.880. The lowest BCUT2D eigenvalue weighted by atomic mass is 10.1. The van der Waals surface area contributed by atoms with Gasteiger partial charge in [-0.05, 0) is 0 Å². The Morgan fingerprint density at radius 1 is 1.50 bits per heavy atom. The first-order chi connectivity index (χ1) is 3.55. The van der Waals surface area contributed by atoms with Gasteiger partial charge in [0.15, 0.2) is 5.71 Å². The van der Waals surface area contributed by atoms with Crippen LogP contribution < -0.4 is 0 Å². The van der Waals surface area contributed by atoms with Gasteiger partial charge in [-0.25, -0.2) is 4.74 Å². The fourth-order valence-electron chi connectivity index (χ4n) is 0.364. The molecule has 0 aromatic carbocycles. The number of nitrogens with zero attached hydrogens (tertiary/aromatic N) is 1. The minimum Gasteiger partial charge on any atom is -0.624 e. The molecule has 0 aliphatic carbocycles. The second-order valence-electron chi connectivity index (χ2n) is 2.29. The van der Waals surface area contributed by atoms with Crippen molar-refractivity contribution in [2.24, 2.45) is 5.92 Å². The maximum atomic E-state index is 10.5. The van der Waals surface area contributed by atoms with E-state index in [1.54, 1.807) is 0 Å². The van der Waals surface area contributed by atoms with Crippen LogP contribution in [-0.2, 0) is 0 Å². The van der Waals surface area contributed by atoms with Crippen molar-refractivity contribution < 1.29 is 4.74 Å². The zero-order valence-corrected chi connectivity index (χ0v) is 5.93. The van der Waals surface area contributed by atoms with Crippen molar-refractivity contribution in [3.05, 3.63) is 5.21 Å². The third-order valence-electron chi connectivity index (χ3n) is 1.33. The summed E-state index contributed by atoms with van der Waals surface area (Å²) in [6, 6.07) is 0. The molecule has 0 amide bonds. The van der Waals surface area contributed by atoms with Crippen molar-refractivity contribution in [3.63, 3.8) is 0 Å². The Morgan fingerprint density at radius 2 is 1.88 bits per heavy atom. The third kappa shape index (κ3) is 1.96. The van der Waals surface area contributed by atoms with Gasteiger partial charge in [0.25, 0.3) is 0 Å². The molecule has 0 saturated heterocycles. The van der Waals surface area contributed by atoms with Gasteiger partial charge in [0.1, 0.15) is 7.05 Å². The van der Waals surface area contributed by atoms with Gasteiger partial charge in [0.2, 0.25) is 0 Å². The van der Waals surface area contributed by atoms with E-state index in [2.05, 4.69) is 0 Å². The van der Waals surface area contributed by atoms with E-state index in [0.717, 1.165) is 10.5 Å². The molecule has 0 rings (SSSR count). The first kappa shape index (κ1) is 7.47. The lowest BCUT2D eigenvalue weighted by Gasteiger charge is -2.03. The Kier molecular flexibility index (Phi) is 2.52. The van der Waals surface area contributed by atoms with Crippen LogP contribution in [0, 0.1) is 11.1 Å². The van der Waals surface area contributed by atoms with Gasteiger partial charge in [0, 0.05) is 12.8 Å². The Labute approximate surface area is 50.4 Å². The average Bonchev–Trinajstić information content (AvgIpc) is 1.64.